The highest BCUT2D eigenvalue weighted by Gasteiger charge is 2.26. The van der Waals surface area contributed by atoms with Gasteiger partial charge >= 0.3 is 0 Å². The molecular weight excluding hydrogens is 360 g/mol. The van der Waals surface area contributed by atoms with E-state index in [4.69, 9.17) is 11.6 Å². The molecule has 0 saturated carbocycles. The third-order valence-corrected chi connectivity index (χ3v) is 5.94. The summed E-state index contributed by atoms with van der Waals surface area (Å²) in [6, 6.07) is 11.6. The second-order valence-electron chi connectivity index (χ2n) is 5.82. The fourth-order valence-corrected chi connectivity index (χ4v) is 4.28. The molecule has 1 aromatic carbocycles. The van der Waals surface area contributed by atoms with Gasteiger partial charge in [-0.25, -0.2) is 18.1 Å². The summed E-state index contributed by atoms with van der Waals surface area (Å²) in [5.74, 6) is 0.656. The molecule has 3 rings (SSSR count). The molecular formula is C17H17ClN4O2S. The number of rotatable bonds is 4. The maximum atomic E-state index is 12.4. The summed E-state index contributed by atoms with van der Waals surface area (Å²) in [7, 11) is -3.57. The summed E-state index contributed by atoms with van der Waals surface area (Å²) in [5.41, 5.74) is 0.530. The van der Waals surface area contributed by atoms with Gasteiger partial charge in [0.1, 0.15) is 11.9 Å². The topological polar surface area (TPSA) is 86.1 Å². The lowest BCUT2D eigenvalue weighted by Crippen LogP contribution is -2.45. The Hall–Kier alpha value is -2.14. The number of hydrogen-bond acceptors (Lipinski definition) is 5. The number of halogens is 1. The number of benzene rings is 1. The first-order chi connectivity index (χ1) is 12.0. The second kappa shape index (κ2) is 7.40. The van der Waals surface area contributed by atoms with Gasteiger partial charge in [-0.15, -0.1) is 0 Å². The molecule has 2 aromatic rings. The van der Waals surface area contributed by atoms with E-state index in [-0.39, 0.29) is 10.9 Å². The Bertz CT molecular complexity index is 886. The Morgan fingerprint density at radius 1 is 1.20 bits per heavy atom. The van der Waals surface area contributed by atoms with E-state index in [2.05, 4.69) is 15.8 Å². The zero-order valence-electron chi connectivity index (χ0n) is 13.4. The van der Waals surface area contributed by atoms with Gasteiger partial charge in [-0.1, -0.05) is 11.6 Å². The summed E-state index contributed by atoms with van der Waals surface area (Å²) in [6.07, 6.45) is 2.95. The van der Waals surface area contributed by atoms with Crippen LogP contribution in [-0.2, 0) is 10.0 Å². The summed E-state index contributed by atoms with van der Waals surface area (Å²) in [4.78, 5) is 6.50. The van der Waals surface area contributed by atoms with Crippen LogP contribution in [0.15, 0.2) is 47.5 Å². The normalized spacial score (nSPS) is 15.8. The zero-order valence-corrected chi connectivity index (χ0v) is 15.0. The van der Waals surface area contributed by atoms with Crippen molar-refractivity contribution >= 4 is 27.4 Å². The van der Waals surface area contributed by atoms with Crippen molar-refractivity contribution in [2.45, 2.75) is 23.8 Å². The number of aromatic nitrogens is 1. The van der Waals surface area contributed by atoms with Gasteiger partial charge < -0.3 is 4.90 Å². The zero-order chi connectivity index (χ0) is 17.9. The van der Waals surface area contributed by atoms with Crippen LogP contribution in [0.25, 0.3) is 0 Å². The van der Waals surface area contributed by atoms with E-state index in [1.165, 1.54) is 12.1 Å². The molecule has 130 valence electrons. The molecule has 25 heavy (non-hydrogen) atoms. The number of piperidine rings is 1. The highest BCUT2D eigenvalue weighted by Crippen LogP contribution is 2.22. The number of anilines is 1. The number of nitriles is 1. The minimum absolute atomic E-state index is 0.147. The lowest BCUT2D eigenvalue weighted by atomic mass is 10.1. The second-order valence-corrected chi connectivity index (χ2v) is 7.97. The number of pyridine rings is 1. The Kier molecular flexibility index (Phi) is 5.23. The van der Waals surface area contributed by atoms with E-state index in [9.17, 15) is 13.7 Å². The van der Waals surface area contributed by atoms with Crippen LogP contribution in [0.3, 0.4) is 0 Å². The summed E-state index contributed by atoms with van der Waals surface area (Å²) in [6.45, 7) is 1.28. The maximum Gasteiger partial charge on any atom is 0.240 e. The van der Waals surface area contributed by atoms with E-state index in [0.29, 0.717) is 42.3 Å². The molecule has 1 aliphatic rings. The van der Waals surface area contributed by atoms with Crippen LogP contribution in [-0.4, -0.2) is 32.5 Å². The highest BCUT2D eigenvalue weighted by atomic mass is 35.5. The average molecular weight is 377 g/mol. The molecule has 0 amide bonds. The van der Waals surface area contributed by atoms with Gasteiger partial charge in [-0.2, -0.15) is 5.26 Å². The van der Waals surface area contributed by atoms with Crippen molar-refractivity contribution in [3.8, 4) is 6.07 Å². The van der Waals surface area contributed by atoms with E-state index in [1.807, 2.05) is 4.90 Å². The fraction of sp³-hybridized carbons (Fsp3) is 0.294. The van der Waals surface area contributed by atoms with E-state index in [0.717, 1.165) is 0 Å². The van der Waals surface area contributed by atoms with Gasteiger partial charge in [0.15, 0.2) is 0 Å². The molecule has 0 aliphatic carbocycles. The number of hydrogen-bond donors (Lipinski definition) is 1. The van der Waals surface area contributed by atoms with Crippen molar-refractivity contribution in [1.82, 2.24) is 9.71 Å². The van der Waals surface area contributed by atoms with E-state index < -0.39 is 10.0 Å². The van der Waals surface area contributed by atoms with Gasteiger partial charge in [0.25, 0.3) is 0 Å². The molecule has 2 heterocycles. The van der Waals surface area contributed by atoms with Crippen LogP contribution in [0.5, 0.6) is 0 Å². The molecule has 6 nitrogen and oxygen atoms in total. The minimum atomic E-state index is -3.57. The summed E-state index contributed by atoms with van der Waals surface area (Å²) < 4.78 is 27.6. The van der Waals surface area contributed by atoms with Gasteiger partial charge in [-0.3, -0.25) is 0 Å². The smallest absolute Gasteiger partial charge is 0.240 e. The number of nitrogens with zero attached hydrogens (tertiary/aromatic N) is 3. The van der Waals surface area contributed by atoms with Gasteiger partial charge in [0.2, 0.25) is 10.0 Å². The van der Waals surface area contributed by atoms with Gasteiger partial charge in [0.05, 0.1) is 10.5 Å². The molecule has 0 spiro atoms. The first kappa shape index (κ1) is 17.7. The highest BCUT2D eigenvalue weighted by molar-refractivity contribution is 7.89. The van der Waals surface area contributed by atoms with Crippen LogP contribution < -0.4 is 9.62 Å². The van der Waals surface area contributed by atoms with Crippen LogP contribution in [0.2, 0.25) is 5.02 Å². The maximum absolute atomic E-state index is 12.4. The largest absolute Gasteiger partial charge is 0.355 e. The summed E-state index contributed by atoms with van der Waals surface area (Å²) >= 11 is 5.80. The van der Waals surface area contributed by atoms with Gasteiger partial charge in [0, 0.05) is 30.4 Å². The van der Waals surface area contributed by atoms with Crippen LogP contribution >= 0.6 is 11.6 Å². The van der Waals surface area contributed by atoms with Crippen molar-refractivity contribution in [2.24, 2.45) is 0 Å². The molecule has 0 bridgehead atoms. The Morgan fingerprint density at radius 2 is 1.88 bits per heavy atom. The third kappa shape index (κ3) is 4.10. The van der Waals surface area contributed by atoms with E-state index in [1.54, 1.807) is 30.5 Å². The fourth-order valence-electron chi connectivity index (χ4n) is 2.85. The average Bonchev–Trinajstić information content (AvgIpc) is 2.62. The lowest BCUT2D eigenvalue weighted by molar-refractivity contribution is 0.458. The first-order valence-corrected chi connectivity index (χ1v) is 9.74. The predicted molar refractivity (Wildman–Crippen MR) is 96.0 cm³/mol. The van der Waals surface area contributed by atoms with Crippen LogP contribution in [0.4, 0.5) is 5.82 Å². The Balaban J connectivity index is 1.65. The number of nitrogens with one attached hydrogen (secondary N) is 1. The minimum Gasteiger partial charge on any atom is -0.355 e. The molecule has 1 saturated heterocycles. The van der Waals surface area contributed by atoms with Gasteiger partial charge in [-0.05, 0) is 49.2 Å². The molecule has 0 radical (unpaired) electrons. The van der Waals surface area contributed by atoms with Crippen molar-refractivity contribution in [2.75, 3.05) is 18.0 Å². The SMILES string of the molecule is N#Cc1cccnc1N1CCC(NS(=O)(=O)c2ccc(Cl)cc2)CC1. The molecule has 1 fully saturated rings. The van der Waals surface area contributed by atoms with Crippen molar-refractivity contribution < 1.29 is 8.42 Å². The molecule has 0 atom stereocenters. The molecule has 1 N–H and O–H groups in total. The van der Waals surface area contributed by atoms with Crippen molar-refractivity contribution in [3.63, 3.8) is 0 Å². The number of sulfonamides is 1. The first-order valence-electron chi connectivity index (χ1n) is 7.87. The van der Waals surface area contributed by atoms with E-state index >= 15 is 0 Å². The molecule has 0 unspecified atom stereocenters. The third-order valence-electron chi connectivity index (χ3n) is 4.15. The monoisotopic (exact) mass is 376 g/mol. The lowest BCUT2D eigenvalue weighted by Gasteiger charge is -2.33. The van der Waals surface area contributed by atoms with Crippen molar-refractivity contribution in [3.05, 3.63) is 53.2 Å². The Morgan fingerprint density at radius 3 is 2.52 bits per heavy atom. The quantitative estimate of drug-likeness (QED) is 0.886. The van der Waals surface area contributed by atoms with Crippen LogP contribution in [0.1, 0.15) is 18.4 Å². The summed E-state index contributed by atoms with van der Waals surface area (Å²) in [5, 5.41) is 9.68. The predicted octanol–water partition coefficient (Wildman–Crippen LogP) is 2.55. The Labute approximate surface area is 152 Å². The molecule has 1 aliphatic heterocycles. The van der Waals surface area contributed by atoms with Crippen molar-refractivity contribution in [1.29, 1.82) is 5.26 Å². The standard InChI is InChI=1S/C17H17ClN4O2S/c18-14-3-5-16(6-4-14)25(23,24)21-15-7-10-22(11-8-15)17-13(12-19)2-1-9-20-17/h1-6,9,15,21H,7-8,10-11H2. The molecule has 1 aromatic heterocycles. The molecule has 8 heteroatoms. The van der Waals surface area contributed by atoms with Crippen LogP contribution in [0, 0.1) is 11.3 Å².